The van der Waals surface area contributed by atoms with Gasteiger partial charge in [0.2, 0.25) is 10.9 Å². The fourth-order valence-corrected chi connectivity index (χ4v) is 2.68. The topological polar surface area (TPSA) is 117 Å². The Morgan fingerprint density at radius 2 is 2.11 bits per heavy atom. The van der Waals surface area contributed by atoms with Gasteiger partial charge in [0, 0.05) is 20.2 Å². The molecule has 108 valence electrons. The summed E-state index contributed by atoms with van der Waals surface area (Å²) in [6, 6.07) is 2.12. The van der Waals surface area contributed by atoms with Gasteiger partial charge in [-0.05, 0) is 12.1 Å². The second-order valence-corrected chi connectivity index (χ2v) is 5.41. The van der Waals surface area contributed by atoms with Crippen LogP contribution in [0.4, 0.5) is 0 Å². The molecule has 2 N–H and O–H groups in total. The number of hydrogen-bond acceptors (Lipinski definition) is 6. The molecule has 0 spiro atoms. The summed E-state index contributed by atoms with van der Waals surface area (Å²) in [5.41, 5.74) is 0. The average Bonchev–Trinajstić information content (AvgIpc) is 2.84. The minimum Gasteiger partial charge on any atom is -0.475 e. The Hall–Kier alpha value is -1.42. The number of hydrogen-bond donors (Lipinski definition) is 2. The predicted octanol–water partition coefficient (Wildman–Crippen LogP) is -0.393. The van der Waals surface area contributed by atoms with Gasteiger partial charge in [0.25, 0.3) is 10.0 Å². The molecular weight excluding hydrogens is 278 g/mol. The van der Waals surface area contributed by atoms with E-state index in [2.05, 4.69) is 0 Å². The van der Waals surface area contributed by atoms with Crippen molar-refractivity contribution in [3.8, 4) is 0 Å². The van der Waals surface area contributed by atoms with Crippen LogP contribution >= 0.6 is 0 Å². The Balaban J connectivity index is 3.00. The first kappa shape index (κ1) is 15.6. The van der Waals surface area contributed by atoms with E-state index in [0.717, 1.165) is 16.4 Å². The summed E-state index contributed by atoms with van der Waals surface area (Å²) in [6.07, 6.45) is 0. The number of aliphatic hydroxyl groups excluding tert-OH is 1. The van der Waals surface area contributed by atoms with Gasteiger partial charge >= 0.3 is 5.97 Å². The largest absolute Gasteiger partial charge is 0.475 e. The Kier molecular flexibility index (Phi) is 5.48. The van der Waals surface area contributed by atoms with Crippen LogP contribution in [0, 0.1) is 0 Å². The van der Waals surface area contributed by atoms with Crippen LogP contribution in [0.3, 0.4) is 0 Å². The quantitative estimate of drug-likeness (QED) is 0.670. The third-order valence-corrected chi connectivity index (χ3v) is 4.05. The maximum absolute atomic E-state index is 12.1. The van der Waals surface area contributed by atoms with Crippen molar-refractivity contribution in [2.75, 3.05) is 33.4 Å². The number of carboxylic acids is 1. The van der Waals surface area contributed by atoms with Gasteiger partial charge < -0.3 is 19.4 Å². The monoisotopic (exact) mass is 293 g/mol. The van der Waals surface area contributed by atoms with E-state index in [1.807, 2.05) is 0 Å². The van der Waals surface area contributed by atoms with Crippen LogP contribution in [0.25, 0.3) is 0 Å². The molecular formula is C10H15NO7S. The smallest absolute Gasteiger partial charge is 0.371 e. The van der Waals surface area contributed by atoms with Crippen molar-refractivity contribution in [3.63, 3.8) is 0 Å². The second-order valence-electron chi connectivity index (χ2n) is 3.54. The standard InChI is InChI=1S/C10H15NO7S/c1-17-7-5-11(4-6-12)19(15,16)9-3-2-8(18-9)10(13)14/h2-3,12H,4-7H2,1H3,(H,13,14). The van der Waals surface area contributed by atoms with Gasteiger partial charge in [-0.2, -0.15) is 4.31 Å². The molecule has 1 aromatic heterocycles. The van der Waals surface area contributed by atoms with Crippen molar-refractivity contribution in [3.05, 3.63) is 17.9 Å². The molecule has 19 heavy (non-hydrogen) atoms. The molecule has 0 fully saturated rings. The third-order valence-electron chi connectivity index (χ3n) is 2.28. The zero-order valence-corrected chi connectivity index (χ0v) is 11.1. The van der Waals surface area contributed by atoms with Crippen molar-refractivity contribution in [1.29, 1.82) is 0 Å². The van der Waals surface area contributed by atoms with Gasteiger partial charge in [-0.25, -0.2) is 13.2 Å². The van der Waals surface area contributed by atoms with Gasteiger partial charge in [-0.3, -0.25) is 0 Å². The summed E-state index contributed by atoms with van der Waals surface area (Å²) in [7, 11) is -2.57. The number of methoxy groups -OCH3 is 1. The van der Waals surface area contributed by atoms with Crippen LogP contribution in [0.1, 0.15) is 10.6 Å². The summed E-state index contributed by atoms with van der Waals surface area (Å²) in [5.74, 6) is -1.82. The van der Waals surface area contributed by atoms with E-state index in [1.165, 1.54) is 7.11 Å². The van der Waals surface area contributed by atoms with E-state index in [9.17, 15) is 13.2 Å². The van der Waals surface area contributed by atoms with Crippen molar-refractivity contribution >= 4 is 16.0 Å². The van der Waals surface area contributed by atoms with Crippen LogP contribution in [0.15, 0.2) is 21.6 Å². The number of rotatable bonds is 8. The zero-order chi connectivity index (χ0) is 14.5. The first-order valence-electron chi connectivity index (χ1n) is 5.36. The molecule has 0 unspecified atom stereocenters. The van der Waals surface area contributed by atoms with Crippen molar-refractivity contribution < 1.29 is 32.6 Å². The second kappa shape index (κ2) is 6.66. The van der Waals surface area contributed by atoms with E-state index in [4.69, 9.17) is 19.4 Å². The van der Waals surface area contributed by atoms with Gasteiger partial charge in [0.15, 0.2) is 0 Å². The first-order chi connectivity index (χ1) is 8.93. The summed E-state index contributed by atoms with van der Waals surface area (Å²) in [4.78, 5) is 10.6. The highest BCUT2D eigenvalue weighted by Gasteiger charge is 2.28. The molecule has 0 aliphatic heterocycles. The number of nitrogens with zero attached hydrogens (tertiary/aromatic N) is 1. The molecule has 0 aliphatic carbocycles. The van der Waals surface area contributed by atoms with E-state index in [1.54, 1.807) is 0 Å². The number of furan rings is 1. The molecule has 1 heterocycles. The lowest BCUT2D eigenvalue weighted by atomic mass is 10.5. The Morgan fingerprint density at radius 1 is 1.42 bits per heavy atom. The normalized spacial score (nSPS) is 11.9. The molecule has 1 rings (SSSR count). The molecule has 0 aromatic carbocycles. The van der Waals surface area contributed by atoms with Gasteiger partial charge in [0.05, 0.1) is 13.2 Å². The highest BCUT2D eigenvalue weighted by molar-refractivity contribution is 7.89. The van der Waals surface area contributed by atoms with E-state index < -0.39 is 26.8 Å². The SMILES string of the molecule is COCCN(CCO)S(=O)(=O)c1ccc(C(=O)O)o1. The molecule has 0 bridgehead atoms. The molecule has 0 amide bonds. The molecule has 0 saturated carbocycles. The Bertz CT molecular complexity index is 522. The van der Waals surface area contributed by atoms with E-state index in [-0.39, 0.29) is 26.3 Å². The van der Waals surface area contributed by atoms with Crippen LogP contribution in [0.5, 0.6) is 0 Å². The van der Waals surface area contributed by atoms with Crippen LogP contribution in [0.2, 0.25) is 0 Å². The number of ether oxygens (including phenoxy) is 1. The average molecular weight is 293 g/mol. The molecule has 1 aromatic rings. The van der Waals surface area contributed by atoms with Crippen LogP contribution in [-0.4, -0.2) is 62.3 Å². The highest BCUT2D eigenvalue weighted by atomic mass is 32.2. The lowest BCUT2D eigenvalue weighted by Crippen LogP contribution is -2.36. The van der Waals surface area contributed by atoms with E-state index in [0.29, 0.717) is 0 Å². The summed E-state index contributed by atoms with van der Waals surface area (Å²) < 4.78 is 34.8. The maximum Gasteiger partial charge on any atom is 0.371 e. The van der Waals surface area contributed by atoms with Gasteiger partial charge in [0.1, 0.15) is 0 Å². The number of aliphatic hydroxyl groups is 1. The maximum atomic E-state index is 12.1. The number of carbonyl (C=O) groups is 1. The van der Waals surface area contributed by atoms with Crippen LogP contribution in [-0.2, 0) is 14.8 Å². The molecule has 0 radical (unpaired) electrons. The highest BCUT2D eigenvalue weighted by Crippen LogP contribution is 2.18. The van der Waals surface area contributed by atoms with Gasteiger partial charge in [-0.1, -0.05) is 0 Å². The zero-order valence-electron chi connectivity index (χ0n) is 10.3. The van der Waals surface area contributed by atoms with Gasteiger partial charge in [-0.15, -0.1) is 0 Å². The van der Waals surface area contributed by atoms with Crippen LogP contribution < -0.4 is 0 Å². The minimum atomic E-state index is -3.98. The van der Waals surface area contributed by atoms with Crippen molar-refractivity contribution in [2.24, 2.45) is 0 Å². The first-order valence-corrected chi connectivity index (χ1v) is 6.80. The lowest BCUT2D eigenvalue weighted by molar-refractivity contribution is 0.0656. The molecule has 0 aliphatic rings. The fraction of sp³-hybridized carbons (Fsp3) is 0.500. The Labute approximate surface area is 110 Å². The minimum absolute atomic E-state index is 0.0303. The molecule has 9 heteroatoms. The number of aromatic carboxylic acids is 1. The summed E-state index contributed by atoms with van der Waals surface area (Å²) in [5, 5.41) is 17.1. The van der Waals surface area contributed by atoms with E-state index >= 15 is 0 Å². The molecule has 0 saturated heterocycles. The number of carboxylic acid groups (broad SMARTS) is 1. The predicted molar refractivity (Wildman–Crippen MR) is 63.4 cm³/mol. The summed E-state index contributed by atoms with van der Waals surface area (Å²) >= 11 is 0. The Morgan fingerprint density at radius 3 is 2.58 bits per heavy atom. The fourth-order valence-electron chi connectivity index (χ4n) is 1.36. The molecule has 8 nitrogen and oxygen atoms in total. The summed E-state index contributed by atoms with van der Waals surface area (Å²) in [6.45, 7) is -0.321. The van der Waals surface area contributed by atoms with Crippen molar-refractivity contribution in [1.82, 2.24) is 4.31 Å². The molecule has 0 atom stereocenters. The lowest BCUT2D eigenvalue weighted by Gasteiger charge is -2.19. The third kappa shape index (κ3) is 3.77. The number of sulfonamides is 1. The van der Waals surface area contributed by atoms with Crippen molar-refractivity contribution in [2.45, 2.75) is 5.09 Å².